The molecule has 2 amide bonds. The van der Waals surface area contributed by atoms with Crippen LogP contribution in [-0.4, -0.2) is 55.5 Å². The molecule has 1 atom stereocenters. The fraction of sp³-hybridized carbons (Fsp3) is 0.483. The molecule has 192 valence electrons. The molecule has 2 saturated heterocycles. The van der Waals surface area contributed by atoms with Gasteiger partial charge < -0.3 is 9.47 Å². The summed E-state index contributed by atoms with van der Waals surface area (Å²) in [6.07, 6.45) is 6.19. The normalized spacial score (nSPS) is 19.1. The zero-order valence-electron chi connectivity index (χ0n) is 21.3. The van der Waals surface area contributed by atoms with Crippen molar-refractivity contribution in [2.24, 2.45) is 5.92 Å². The highest BCUT2D eigenvalue weighted by Crippen LogP contribution is 2.30. The van der Waals surface area contributed by atoms with Gasteiger partial charge >= 0.3 is 5.97 Å². The van der Waals surface area contributed by atoms with Gasteiger partial charge in [-0.3, -0.25) is 14.5 Å². The van der Waals surface area contributed by atoms with E-state index in [-0.39, 0.29) is 24.2 Å². The van der Waals surface area contributed by atoms with Crippen LogP contribution in [0.25, 0.3) is 0 Å². The molecule has 2 aromatic carbocycles. The smallest absolute Gasteiger partial charge is 0.338 e. The number of carbonyl (C=O) groups excluding carboxylic acids is 3. The van der Waals surface area contributed by atoms with Crippen LogP contribution in [0.15, 0.2) is 48.5 Å². The molecule has 2 aromatic rings. The molecule has 36 heavy (non-hydrogen) atoms. The number of amides is 2. The van der Waals surface area contributed by atoms with Gasteiger partial charge in [-0.1, -0.05) is 25.5 Å². The maximum atomic E-state index is 13.2. The number of hydrogen-bond donors (Lipinski definition) is 0. The van der Waals surface area contributed by atoms with Crippen molar-refractivity contribution in [3.8, 4) is 5.75 Å². The second kappa shape index (κ2) is 12.2. The molecule has 2 aliphatic heterocycles. The van der Waals surface area contributed by atoms with Crippen LogP contribution in [0.4, 0.5) is 5.69 Å². The Bertz CT molecular complexity index is 1040. The minimum Gasteiger partial charge on any atom is -0.497 e. The van der Waals surface area contributed by atoms with Gasteiger partial charge in [-0.15, -0.1) is 0 Å². The Labute approximate surface area is 213 Å². The molecule has 0 saturated carbocycles. The van der Waals surface area contributed by atoms with Crippen LogP contribution >= 0.6 is 0 Å². The predicted octanol–water partition coefficient (Wildman–Crippen LogP) is 4.63. The summed E-state index contributed by atoms with van der Waals surface area (Å²) in [4.78, 5) is 41.6. The number of anilines is 1. The number of likely N-dealkylation sites (tertiary alicyclic amines) is 1. The summed E-state index contributed by atoms with van der Waals surface area (Å²) in [7, 11) is 1.67. The molecule has 4 rings (SSSR count). The van der Waals surface area contributed by atoms with Crippen molar-refractivity contribution in [3.63, 3.8) is 0 Å². The fourth-order valence-corrected chi connectivity index (χ4v) is 5.03. The number of ether oxygens (including phenoxy) is 2. The molecular formula is C29H36N2O5. The maximum Gasteiger partial charge on any atom is 0.338 e. The molecule has 0 spiro atoms. The molecule has 0 aliphatic carbocycles. The van der Waals surface area contributed by atoms with Crippen molar-refractivity contribution < 1.29 is 23.9 Å². The van der Waals surface area contributed by atoms with Gasteiger partial charge in [-0.2, -0.15) is 0 Å². The van der Waals surface area contributed by atoms with E-state index >= 15 is 0 Å². The monoisotopic (exact) mass is 492 g/mol. The third-order valence-electron chi connectivity index (χ3n) is 7.31. The highest BCUT2D eigenvalue weighted by atomic mass is 16.5. The van der Waals surface area contributed by atoms with Crippen LogP contribution in [0.2, 0.25) is 0 Å². The molecule has 0 radical (unpaired) electrons. The topological polar surface area (TPSA) is 76.2 Å². The van der Waals surface area contributed by atoms with E-state index in [0.717, 1.165) is 57.4 Å². The van der Waals surface area contributed by atoms with E-state index < -0.39 is 6.04 Å². The first-order valence-corrected chi connectivity index (χ1v) is 13.0. The molecule has 0 bridgehead atoms. The summed E-state index contributed by atoms with van der Waals surface area (Å²) in [5, 5.41) is 0. The van der Waals surface area contributed by atoms with Gasteiger partial charge in [0.15, 0.2) is 0 Å². The molecular weight excluding hydrogens is 456 g/mol. The van der Waals surface area contributed by atoms with Gasteiger partial charge in [0, 0.05) is 0 Å². The first kappa shape index (κ1) is 25.9. The molecule has 0 aromatic heterocycles. The number of imide groups is 1. The predicted molar refractivity (Wildman–Crippen MR) is 138 cm³/mol. The summed E-state index contributed by atoms with van der Waals surface area (Å²) < 4.78 is 10.5. The van der Waals surface area contributed by atoms with Crippen molar-refractivity contribution in [1.29, 1.82) is 0 Å². The first-order chi connectivity index (χ1) is 17.5. The van der Waals surface area contributed by atoms with E-state index in [1.54, 1.807) is 31.4 Å². The SMILES string of the molecule is CCCCOC(=O)c1ccc(N2C(=O)C[C@H](N3CCC(CCc4ccc(OC)cc4)CC3)C2=O)cc1. The molecule has 0 N–H and O–H groups in total. The fourth-order valence-electron chi connectivity index (χ4n) is 5.03. The van der Waals surface area contributed by atoms with Crippen molar-refractivity contribution in [1.82, 2.24) is 4.90 Å². The number of unbranched alkanes of at least 4 members (excludes halogenated alkanes) is 1. The number of methoxy groups -OCH3 is 1. The minimum atomic E-state index is -0.404. The molecule has 2 aliphatic rings. The molecule has 0 unspecified atom stereocenters. The van der Waals surface area contributed by atoms with Crippen LogP contribution in [0.3, 0.4) is 0 Å². The zero-order chi connectivity index (χ0) is 25.5. The number of esters is 1. The summed E-state index contributed by atoms with van der Waals surface area (Å²) in [5.41, 5.74) is 2.24. The minimum absolute atomic E-state index is 0.171. The number of piperidine rings is 1. The zero-order valence-corrected chi connectivity index (χ0v) is 21.3. The van der Waals surface area contributed by atoms with E-state index in [1.807, 2.05) is 19.1 Å². The lowest BCUT2D eigenvalue weighted by Crippen LogP contribution is -2.46. The Hall–Kier alpha value is -3.19. The lowest BCUT2D eigenvalue weighted by atomic mass is 9.90. The summed E-state index contributed by atoms with van der Waals surface area (Å²) in [6.45, 7) is 4.08. The Morgan fingerprint density at radius 3 is 2.33 bits per heavy atom. The first-order valence-electron chi connectivity index (χ1n) is 13.0. The summed E-state index contributed by atoms with van der Waals surface area (Å²) >= 11 is 0. The largest absolute Gasteiger partial charge is 0.497 e. The van der Waals surface area contributed by atoms with E-state index in [2.05, 4.69) is 17.0 Å². The average Bonchev–Trinajstić information content (AvgIpc) is 3.21. The van der Waals surface area contributed by atoms with Gasteiger partial charge in [-0.05, 0) is 93.1 Å². The third-order valence-corrected chi connectivity index (χ3v) is 7.31. The Balaban J connectivity index is 1.28. The highest BCUT2D eigenvalue weighted by molar-refractivity contribution is 6.22. The lowest BCUT2D eigenvalue weighted by molar-refractivity contribution is -0.123. The Morgan fingerprint density at radius 2 is 1.69 bits per heavy atom. The Kier molecular flexibility index (Phi) is 8.75. The standard InChI is InChI=1S/C29H36N2O5/c1-3-4-19-36-29(34)23-9-11-24(12-10-23)31-27(32)20-26(28(31)33)30-17-15-22(16-18-30)6-5-21-7-13-25(35-2)14-8-21/h7-14,22,26H,3-6,15-20H2,1-2H3/t26-/m0/s1. The van der Waals surface area contributed by atoms with Crippen LogP contribution in [-0.2, 0) is 20.7 Å². The van der Waals surface area contributed by atoms with Crippen molar-refractivity contribution in [2.75, 3.05) is 31.7 Å². The second-order valence-corrected chi connectivity index (χ2v) is 9.69. The number of rotatable bonds is 10. The Morgan fingerprint density at radius 1 is 1.00 bits per heavy atom. The van der Waals surface area contributed by atoms with Crippen molar-refractivity contribution >= 4 is 23.5 Å². The number of hydrogen-bond acceptors (Lipinski definition) is 6. The molecule has 2 heterocycles. The second-order valence-electron chi connectivity index (χ2n) is 9.69. The highest BCUT2D eigenvalue weighted by Gasteiger charge is 2.43. The molecule has 7 nitrogen and oxygen atoms in total. The maximum absolute atomic E-state index is 13.2. The lowest BCUT2D eigenvalue weighted by Gasteiger charge is -2.34. The van der Waals surface area contributed by atoms with Crippen LogP contribution in [0, 0.1) is 5.92 Å². The van der Waals surface area contributed by atoms with Gasteiger partial charge in [0.25, 0.3) is 5.91 Å². The van der Waals surface area contributed by atoms with Crippen LogP contribution < -0.4 is 9.64 Å². The quantitative estimate of drug-likeness (QED) is 0.274. The molecule has 7 heteroatoms. The van der Waals surface area contributed by atoms with E-state index in [9.17, 15) is 14.4 Å². The van der Waals surface area contributed by atoms with Gasteiger partial charge in [0.05, 0.1) is 37.4 Å². The van der Waals surface area contributed by atoms with Crippen molar-refractivity contribution in [3.05, 3.63) is 59.7 Å². The number of aryl methyl sites for hydroxylation is 1. The van der Waals surface area contributed by atoms with Gasteiger partial charge in [0.2, 0.25) is 5.91 Å². The van der Waals surface area contributed by atoms with Crippen LogP contribution in [0.1, 0.15) is 61.4 Å². The van der Waals surface area contributed by atoms with E-state index in [1.165, 1.54) is 10.5 Å². The van der Waals surface area contributed by atoms with Gasteiger partial charge in [0.1, 0.15) is 5.75 Å². The van der Waals surface area contributed by atoms with Crippen molar-refractivity contribution in [2.45, 2.75) is 57.9 Å². The molecule has 2 fully saturated rings. The summed E-state index contributed by atoms with van der Waals surface area (Å²) in [6, 6.07) is 14.4. The summed E-state index contributed by atoms with van der Waals surface area (Å²) in [5.74, 6) is 0.746. The number of carbonyl (C=O) groups is 3. The average molecular weight is 493 g/mol. The van der Waals surface area contributed by atoms with Crippen LogP contribution in [0.5, 0.6) is 5.75 Å². The van der Waals surface area contributed by atoms with E-state index in [0.29, 0.717) is 23.8 Å². The number of benzene rings is 2. The number of nitrogens with zero attached hydrogens (tertiary/aromatic N) is 2. The third kappa shape index (κ3) is 6.13. The van der Waals surface area contributed by atoms with Gasteiger partial charge in [-0.25, -0.2) is 9.69 Å². The van der Waals surface area contributed by atoms with E-state index in [4.69, 9.17) is 9.47 Å².